The maximum atomic E-state index is 14.4. The van der Waals surface area contributed by atoms with Crippen molar-refractivity contribution >= 4 is 27.8 Å². The lowest BCUT2D eigenvalue weighted by Crippen LogP contribution is -2.52. The molecule has 0 bridgehead atoms. The summed E-state index contributed by atoms with van der Waals surface area (Å²) in [5, 5.41) is 0. The highest BCUT2D eigenvalue weighted by molar-refractivity contribution is 7.86. The summed E-state index contributed by atoms with van der Waals surface area (Å²) >= 11 is 0. The minimum atomic E-state index is -3.58. The zero-order valence-electron chi connectivity index (χ0n) is 32.3. The molecule has 1 aromatic carbocycles. The van der Waals surface area contributed by atoms with E-state index in [9.17, 15) is 22.4 Å². The number of anilines is 1. The number of benzene rings is 1. The fourth-order valence-electron chi connectivity index (χ4n) is 8.78. The Hall–Kier alpha value is -3.66. The summed E-state index contributed by atoms with van der Waals surface area (Å²) in [6, 6.07) is 3.87. The molecule has 2 amide bonds. The van der Waals surface area contributed by atoms with Gasteiger partial charge in [0.2, 0.25) is 5.91 Å². The number of carbonyl (C=O) groups excluding carboxylic acids is 2. The third kappa shape index (κ3) is 8.90. The monoisotopic (exact) mass is 768 g/mol. The fourth-order valence-corrected chi connectivity index (χ4v) is 10.4. The summed E-state index contributed by atoms with van der Waals surface area (Å²) in [5.41, 5.74) is 0.333. The van der Waals surface area contributed by atoms with Gasteiger partial charge in [-0.1, -0.05) is 6.58 Å². The Bertz CT molecular complexity index is 1750. The van der Waals surface area contributed by atoms with Gasteiger partial charge in [-0.2, -0.15) is 17.0 Å². The maximum Gasteiger partial charge on any atom is 0.282 e. The first-order valence-electron chi connectivity index (χ1n) is 19.5. The quantitative estimate of drug-likeness (QED) is 0.301. The molecule has 4 aliphatic heterocycles. The van der Waals surface area contributed by atoms with E-state index in [4.69, 9.17) is 4.74 Å². The lowest BCUT2D eigenvalue weighted by atomic mass is 9.71. The highest BCUT2D eigenvalue weighted by atomic mass is 32.2. The number of hydrogen-bond acceptors (Lipinski definition) is 9. The van der Waals surface area contributed by atoms with Crippen LogP contribution in [0.25, 0.3) is 0 Å². The van der Waals surface area contributed by atoms with Crippen LogP contribution in [0.1, 0.15) is 76.6 Å². The molecule has 1 spiro atoms. The van der Waals surface area contributed by atoms with Crippen molar-refractivity contribution < 1.29 is 27.1 Å². The van der Waals surface area contributed by atoms with Gasteiger partial charge in [0.1, 0.15) is 17.9 Å². The standard InChI is InChI=1S/C39H57FN8O5S/c1-6-36(49)44-15-7-16-46(23-22-44)54(51,52)47-20-13-39(14-21-47)11-18-43(19-12-39)26-31-10-17-45(27-31)37-35(25-41-28-42-37)53-34-9-8-32(40)24-33(34)38(50)48(29(2)3)30(4)5/h6,8-9,24-25,28-31H,1,7,10-23,26-27H2,2-5H3/t31-/m0/s1. The molecule has 6 rings (SSSR count). The highest BCUT2D eigenvalue weighted by Crippen LogP contribution is 2.43. The second kappa shape index (κ2) is 17.0. The van der Waals surface area contributed by atoms with E-state index in [2.05, 4.69) is 26.3 Å². The summed E-state index contributed by atoms with van der Waals surface area (Å²) in [4.78, 5) is 42.7. The second-order valence-corrected chi connectivity index (χ2v) is 17.9. The number of nitrogens with zero attached hydrogens (tertiary/aromatic N) is 8. The molecule has 13 nitrogen and oxygen atoms in total. The minimum Gasteiger partial charge on any atom is -0.451 e. The third-order valence-electron chi connectivity index (χ3n) is 11.8. The number of amides is 2. The third-order valence-corrected chi connectivity index (χ3v) is 13.8. The van der Waals surface area contributed by atoms with Crippen molar-refractivity contribution in [3.8, 4) is 11.5 Å². The van der Waals surface area contributed by atoms with Crippen molar-refractivity contribution in [2.75, 3.05) is 76.9 Å². The molecule has 0 radical (unpaired) electrons. The molecule has 0 unspecified atom stereocenters. The van der Waals surface area contributed by atoms with Crippen molar-refractivity contribution in [1.82, 2.24) is 33.3 Å². The van der Waals surface area contributed by atoms with Crippen LogP contribution < -0.4 is 9.64 Å². The van der Waals surface area contributed by atoms with Crippen LogP contribution in [0.5, 0.6) is 11.5 Å². The van der Waals surface area contributed by atoms with Gasteiger partial charge in [-0.3, -0.25) is 9.59 Å². The largest absolute Gasteiger partial charge is 0.451 e. The van der Waals surface area contributed by atoms with Gasteiger partial charge in [-0.05, 0) is 115 Å². The van der Waals surface area contributed by atoms with Gasteiger partial charge >= 0.3 is 0 Å². The molecule has 0 N–H and O–H groups in total. The van der Waals surface area contributed by atoms with Gasteiger partial charge in [-0.25, -0.2) is 14.4 Å². The SMILES string of the molecule is C=CC(=O)N1CCCN(S(=O)(=O)N2CCC3(CCN(C[C@@H]4CCN(c5ncncc5Oc5ccc(F)cc5C(=O)N(C(C)C)C(C)C)C4)CC3)CC2)CC1. The minimum absolute atomic E-state index is 0.0760. The fraction of sp³-hybridized carbons (Fsp3) is 0.641. The van der Waals surface area contributed by atoms with Crippen LogP contribution in [0.15, 0.2) is 43.4 Å². The number of hydrogen-bond donors (Lipinski definition) is 0. The van der Waals surface area contributed by atoms with Crippen LogP contribution in [-0.2, 0) is 15.0 Å². The van der Waals surface area contributed by atoms with E-state index >= 15 is 0 Å². The Morgan fingerprint density at radius 1 is 0.963 bits per heavy atom. The van der Waals surface area contributed by atoms with Crippen LogP contribution in [-0.4, -0.2) is 138 Å². The van der Waals surface area contributed by atoms with Gasteiger partial charge in [0.15, 0.2) is 11.6 Å². The Kier molecular flexibility index (Phi) is 12.6. The summed E-state index contributed by atoms with van der Waals surface area (Å²) in [7, 11) is -3.58. The smallest absolute Gasteiger partial charge is 0.282 e. The Morgan fingerprint density at radius 3 is 2.33 bits per heavy atom. The van der Waals surface area contributed by atoms with Crippen LogP contribution >= 0.6 is 0 Å². The maximum absolute atomic E-state index is 14.4. The number of rotatable bonds is 11. The summed E-state index contributed by atoms with van der Waals surface area (Å²) in [6.45, 7) is 18.7. The second-order valence-electron chi connectivity index (χ2n) is 15.9. The molecule has 1 aromatic heterocycles. The van der Waals surface area contributed by atoms with Crippen molar-refractivity contribution in [2.24, 2.45) is 11.3 Å². The highest BCUT2D eigenvalue weighted by Gasteiger charge is 2.42. The van der Waals surface area contributed by atoms with E-state index < -0.39 is 16.0 Å². The molecule has 5 heterocycles. The molecule has 4 fully saturated rings. The lowest BCUT2D eigenvalue weighted by molar-refractivity contribution is -0.125. The van der Waals surface area contributed by atoms with Crippen molar-refractivity contribution in [2.45, 2.75) is 78.3 Å². The number of likely N-dealkylation sites (tertiary alicyclic amines) is 1. The van der Waals surface area contributed by atoms with Gasteiger partial charge in [0.25, 0.3) is 16.1 Å². The Morgan fingerprint density at radius 2 is 1.65 bits per heavy atom. The molecule has 4 aliphatic rings. The molecular formula is C39H57FN8O5S. The Balaban J connectivity index is 1.01. The molecule has 54 heavy (non-hydrogen) atoms. The zero-order chi connectivity index (χ0) is 38.6. The average Bonchev–Trinajstić information content (AvgIpc) is 3.46. The lowest BCUT2D eigenvalue weighted by Gasteiger charge is -2.47. The number of aromatic nitrogens is 2. The average molecular weight is 769 g/mol. The molecule has 296 valence electrons. The molecule has 4 saturated heterocycles. The summed E-state index contributed by atoms with van der Waals surface area (Å²) in [5.74, 6) is 0.830. The predicted molar refractivity (Wildman–Crippen MR) is 206 cm³/mol. The van der Waals surface area contributed by atoms with Crippen molar-refractivity contribution in [3.63, 3.8) is 0 Å². The Labute approximate surface area is 320 Å². The van der Waals surface area contributed by atoms with Gasteiger partial charge in [0, 0.05) is 71.0 Å². The van der Waals surface area contributed by atoms with Gasteiger partial charge in [0.05, 0.1) is 11.8 Å². The first kappa shape index (κ1) is 40.0. The van der Waals surface area contributed by atoms with E-state index in [1.165, 1.54) is 30.6 Å². The van der Waals surface area contributed by atoms with E-state index in [-0.39, 0.29) is 40.6 Å². The van der Waals surface area contributed by atoms with Crippen LogP contribution in [0.3, 0.4) is 0 Å². The zero-order valence-corrected chi connectivity index (χ0v) is 33.1. The van der Waals surface area contributed by atoms with E-state index in [1.54, 1.807) is 24.6 Å². The summed E-state index contributed by atoms with van der Waals surface area (Å²) in [6.07, 6.45) is 9.89. The number of ether oxygens (including phenoxy) is 1. The first-order valence-corrected chi connectivity index (χ1v) is 20.9. The molecule has 15 heteroatoms. The van der Waals surface area contributed by atoms with Crippen LogP contribution in [0.2, 0.25) is 0 Å². The molecule has 0 aliphatic carbocycles. The molecule has 1 atom stereocenters. The molecular weight excluding hydrogens is 712 g/mol. The van der Waals surface area contributed by atoms with E-state index in [0.29, 0.717) is 63.2 Å². The van der Waals surface area contributed by atoms with E-state index in [1.807, 2.05) is 27.7 Å². The van der Waals surface area contributed by atoms with Gasteiger partial charge < -0.3 is 24.3 Å². The van der Waals surface area contributed by atoms with Gasteiger partial charge in [-0.15, -0.1) is 0 Å². The summed E-state index contributed by atoms with van der Waals surface area (Å²) < 4.78 is 51.2. The number of halogens is 1. The number of carbonyl (C=O) groups is 2. The number of piperidine rings is 2. The molecule has 0 saturated carbocycles. The van der Waals surface area contributed by atoms with Crippen LogP contribution in [0.4, 0.5) is 10.2 Å². The predicted octanol–water partition coefficient (Wildman–Crippen LogP) is 4.64. The first-order chi connectivity index (χ1) is 25.8. The topological polar surface area (TPSA) is 123 Å². The van der Waals surface area contributed by atoms with Crippen molar-refractivity contribution in [1.29, 1.82) is 0 Å². The van der Waals surface area contributed by atoms with E-state index in [0.717, 1.165) is 64.8 Å². The van der Waals surface area contributed by atoms with Crippen LogP contribution in [0, 0.1) is 17.2 Å². The van der Waals surface area contributed by atoms with Crippen molar-refractivity contribution in [3.05, 3.63) is 54.8 Å². The normalized spacial score (nSPS) is 21.8. The molecule has 2 aromatic rings.